The minimum Gasteiger partial charge on any atom is -0.493 e. The Morgan fingerprint density at radius 1 is 1.06 bits per heavy atom. The highest BCUT2D eigenvalue weighted by Gasteiger charge is 2.41. The highest BCUT2D eigenvalue weighted by molar-refractivity contribution is 6.06. The van der Waals surface area contributed by atoms with E-state index in [4.69, 9.17) is 9.47 Å². The highest BCUT2D eigenvalue weighted by atomic mass is 19.4. The van der Waals surface area contributed by atoms with Crippen LogP contribution in [0.4, 0.5) is 13.2 Å². The topological polar surface area (TPSA) is 97.7 Å². The van der Waals surface area contributed by atoms with Crippen molar-refractivity contribution in [1.29, 1.82) is 0 Å². The number of H-pyrrole nitrogens is 1. The number of aromatic nitrogens is 2. The maximum absolute atomic E-state index is 13.8. The molecule has 1 amide bonds. The number of methoxy groups -OCH3 is 2. The Morgan fingerprint density at radius 2 is 1.72 bits per heavy atom. The first-order valence-corrected chi connectivity index (χ1v) is 9.22. The van der Waals surface area contributed by atoms with Crippen molar-refractivity contribution in [2.45, 2.75) is 13.1 Å². The average Bonchev–Trinajstić information content (AvgIpc) is 3.07. The summed E-state index contributed by atoms with van der Waals surface area (Å²) in [6.07, 6.45) is -5.01. The van der Waals surface area contributed by atoms with Gasteiger partial charge in [0.1, 0.15) is 0 Å². The van der Waals surface area contributed by atoms with Gasteiger partial charge in [-0.15, -0.1) is 0 Å². The summed E-state index contributed by atoms with van der Waals surface area (Å²) in [5.41, 5.74) is -1.04. The van der Waals surface area contributed by atoms with Crippen LogP contribution < -0.4 is 20.5 Å². The lowest BCUT2D eigenvalue weighted by molar-refractivity contribution is -0.0584. The Kier molecular flexibility index (Phi) is 6.37. The fourth-order valence-corrected chi connectivity index (χ4v) is 2.99. The number of carbonyl (C=O) groups is 1. The molecule has 0 aliphatic rings. The summed E-state index contributed by atoms with van der Waals surface area (Å²) in [4.78, 5) is 25.2. The molecule has 2 aromatic carbocycles. The summed E-state index contributed by atoms with van der Waals surface area (Å²) in [5.74, 6) is -0.371. The molecule has 0 saturated carbocycles. The number of benzene rings is 2. The largest absolute Gasteiger partial charge is 0.493 e. The average molecular weight is 448 g/mol. The third kappa shape index (κ3) is 4.51. The molecule has 0 radical (unpaired) electrons. The Morgan fingerprint density at radius 3 is 2.31 bits per heavy atom. The number of aromatic amines is 1. The lowest BCUT2D eigenvalue weighted by Crippen LogP contribution is -2.33. The molecule has 3 aromatic rings. The van der Waals surface area contributed by atoms with Gasteiger partial charge in [0.05, 0.1) is 25.5 Å². The Balaban J connectivity index is 1.99. The first kappa shape index (κ1) is 22.7. The molecule has 0 bridgehead atoms. The number of alkyl halides is 3. The van der Waals surface area contributed by atoms with Crippen LogP contribution in [0.1, 0.15) is 21.6 Å². The first-order chi connectivity index (χ1) is 15.2. The second kappa shape index (κ2) is 9.00. The zero-order chi connectivity index (χ0) is 23.5. The third-order valence-electron chi connectivity index (χ3n) is 4.51. The van der Waals surface area contributed by atoms with Crippen molar-refractivity contribution in [2.75, 3.05) is 14.2 Å². The maximum Gasteiger partial charge on any atom is 0.435 e. The number of amides is 1. The van der Waals surface area contributed by atoms with Crippen LogP contribution in [0.3, 0.4) is 0 Å². The van der Waals surface area contributed by atoms with Gasteiger partial charge < -0.3 is 9.47 Å². The van der Waals surface area contributed by atoms with Crippen LogP contribution in [0.5, 0.6) is 11.5 Å². The Bertz CT molecular complexity index is 1210. The summed E-state index contributed by atoms with van der Waals surface area (Å²) in [7, 11) is 2.75. The molecule has 0 unspecified atom stereocenters. The van der Waals surface area contributed by atoms with E-state index < -0.39 is 28.9 Å². The number of hydrogen-bond acceptors (Lipinski definition) is 5. The summed E-state index contributed by atoms with van der Waals surface area (Å²) >= 11 is 0. The van der Waals surface area contributed by atoms with Crippen LogP contribution in [-0.4, -0.2) is 41.8 Å². The molecule has 168 valence electrons. The van der Waals surface area contributed by atoms with E-state index in [0.717, 1.165) is 4.68 Å². The van der Waals surface area contributed by atoms with Gasteiger partial charge in [-0.3, -0.25) is 14.7 Å². The van der Waals surface area contributed by atoms with E-state index in [1.54, 1.807) is 30.3 Å². The number of halogens is 3. The smallest absolute Gasteiger partial charge is 0.435 e. The molecule has 0 spiro atoms. The number of para-hydroxylation sites is 1. The van der Waals surface area contributed by atoms with Gasteiger partial charge in [-0.1, -0.05) is 18.2 Å². The van der Waals surface area contributed by atoms with E-state index >= 15 is 0 Å². The van der Waals surface area contributed by atoms with E-state index in [1.807, 2.05) is 5.43 Å². The van der Waals surface area contributed by atoms with Crippen LogP contribution in [0.15, 0.2) is 58.4 Å². The van der Waals surface area contributed by atoms with Crippen molar-refractivity contribution in [1.82, 2.24) is 15.2 Å². The van der Waals surface area contributed by atoms with Crippen LogP contribution in [0, 0.1) is 6.92 Å². The van der Waals surface area contributed by atoms with Crippen molar-refractivity contribution in [3.8, 4) is 17.2 Å². The zero-order valence-electron chi connectivity index (χ0n) is 17.3. The fourth-order valence-electron chi connectivity index (χ4n) is 2.99. The minimum atomic E-state index is -5.01. The van der Waals surface area contributed by atoms with Crippen molar-refractivity contribution in [3.63, 3.8) is 0 Å². The highest BCUT2D eigenvalue weighted by Crippen LogP contribution is 2.27. The van der Waals surface area contributed by atoms with Gasteiger partial charge in [0.15, 0.2) is 17.2 Å². The van der Waals surface area contributed by atoms with E-state index in [1.165, 1.54) is 39.3 Å². The molecule has 32 heavy (non-hydrogen) atoms. The van der Waals surface area contributed by atoms with Crippen LogP contribution in [-0.2, 0) is 0 Å². The molecule has 11 heteroatoms. The normalized spacial score (nSPS) is 11.9. The number of nitrogens with zero attached hydrogens (tertiary/aromatic N) is 2. The molecule has 8 nitrogen and oxygen atoms in total. The Labute approximate surface area is 180 Å². The molecular weight excluding hydrogens is 429 g/mol. The molecule has 0 aliphatic carbocycles. The Hall–Kier alpha value is -4.02. The standard InChI is InChI=1S/C21H19F3N4O4/c1-12-17(20(30)28(27-12)14-7-5-4-6-8-14)18(21(22,23)24)25-26-19(29)13-9-10-15(31-2)16(11-13)32-3/h4-11,27H,1-3H3,(H,26,29)/b25-18-. The zero-order valence-corrected chi connectivity index (χ0v) is 17.3. The van der Waals surface area contributed by atoms with Gasteiger partial charge in [-0.2, -0.15) is 18.3 Å². The number of ether oxygens (including phenoxy) is 2. The third-order valence-corrected chi connectivity index (χ3v) is 4.51. The van der Waals surface area contributed by atoms with Gasteiger partial charge in [-0.05, 0) is 37.3 Å². The van der Waals surface area contributed by atoms with Crippen molar-refractivity contribution in [2.24, 2.45) is 5.10 Å². The predicted molar refractivity (Wildman–Crippen MR) is 111 cm³/mol. The minimum absolute atomic E-state index is 0.0135. The summed E-state index contributed by atoms with van der Waals surface area (Å²) in [6.45, 7) is 1.31. The number of hydrazone groups is 1. The summed E-state index contributed by atoms with van der Waals surface area (Å²) in [5, 5.41) is 5.86. The predicted octanol–water partition coefficient (Wildman–Crippen LogP) is 3.19. The monoisotopic (exact) mass is 448 g/mol. The van der Waals surface area contributed by atoms with E-state index in [2.05, 4.69) is 10.2 Å². The lowest BCUT2D eigenvalue weighted by atomic mass is 10.1. The quantitative estimate of drug-likeness (QED) is 0.447. The molecule has 1 aromatic heterocycles. The molecule has 2 N–H and O–H groups in total. The van der Waals surface area contributed by atoms with Gasteiger partial charge in [0.2, 0.25) is 0 Å². The second-order valence-corrected chi connectivity index (χ2v) is 6.56. The fraction of sp³-hybridized carbons (Fsp3) is 0.190. The van der Waals surface area contributed by atoms with Crippen LogP contribution >= 0.6 is 0 Å². The summed E-state index contributed by atoms with van der Waals surface area (Å²) in [6, 6.07) is 12.2. The molecule has 0 fully saturated rings. The molecule has 0 aliphatic heterocycles. The molecule has 3 rings (SSSR count). The van der Waals surface area contributed by atoms with Gasteiger partial charge >= 0.3 is 6.18 Å². The molecule has 0 atom stereocenters. The molecular formula is C21H19F3N4O4. The van der Waals surface area contributed by atoms with E-state index in [-0.39, 0.29) is 17.0 Å². The van der Waals surface area contributed by atoms with Crippen molar-refractivity contribution < 1.29 is 27.4 Å². The molecule has 0 saturated heterocycles. The van der Waals surface area contributed by atoms with Crippen LogP contribution in [0.2, 0.25) is 0 Å². The number of carbonyl (C=O) groups excluding carboxylic acids is 1. The molecule has 1 heterocycles. The SMILES string of the molecule is COc1ccc(C(=O)N/N=C(/c2c(C)[nH]n(-c3ccccc3)c2=O)C(F)(F)F)cc1OC. The number of nitrogens with one attached hydrogen (secondary N) is 2. The lowest BCUT2D eigenvalue weighted by Gasteiger charge is -2.11. The van der Waals surface area contributed by atoms with E-state index in [0.29, 0.717) is 11.4 Å². The maximum atomic E-state index is 13.8. The van der Waals surface area contributed by atoms with Crippen LogP contribution in [0.25, 0.3) is 5.69 Å². The first-order valence-electron chi connectivity index (χ1n) is 9.22. The second-order valence-electron chi connectivity index (χ2n) is 6.56. The van der Waals surface area contributed by atoms with Crippen molar-refractivity contribution in [3.05, 3.63) is 75.7 Å². The number of rotatable bonds is 6. The van der Waals surface area contributed by atoms with Gasteiger partial charge in [0.25, 0.3) is 11.5 Å². The number of aryl methyl sites for hydroxylation is 1. The van der Waals surface area contributed by atoms with Gasteiger partial charge in [0, 0.05) is 11.3 Å². The number of hydrogen-bond donors (Lipinski definition) is 2. The van der Waals surface area contributed by atoms with E-state index in [9.17, 15) is 22.8 Å². The van der Waals surface area contributed by atoms with Crippen molar-refractivity contribution >= 4 is 11.6 Å². The summed E-state index contributed by atoms with van der Waals surface area (Å²) < 4.78 is 52.4. The van der Waals surface area contributed by atoms with Gasteiger partial charge in [-0.25, -0.2) is 10.1 Å².